The third-order valence-electron chi connectivity index (χ3n) is 4.53. The van der Waals surface area contributed by atoms with Crippen LogP contribution < -0.4 is 11.7 Å². The van der Waals surface area contributed by atoms with E-state index in [0.29, 0.717) is 17.2 Å². The van der Waals surface area contributed by atoms with E-state index in [1.54, 1.807) is 19.2 Å². The topological polar surface area (TPSA) is 80.5 Å². The van der Waals surface area contributed by atoms with Crippen LogP contribution >= 0.6 is 0 Å². The van der Waals surface area contributed by atoms with Gasteiger partial charge in [-0.3, -0.25) is 4.98 Å². The molecule has 0 unspecified atom stereocenters. The number of hydrazone groups is 1. The molecule has 40 heavy (non-hydrogen) atoms. The zero-order valence-electron chi connectivity index (χ0n) is 22.3. The largest absolute Gasteiger partial charge is 0.416 e. The van der Waals surface area contributed by atoms with Crippen LogP contribution in [0, 0.1) is 11.6 Å². The predicted octanol–water partition coefficient (Wildman–Crippen LogP) is 7.46. The van der Waals surface area contributed by atoms with Crippen LogP contribution in [0.15, 0.2) is 91.2 Å². The van der Waals surface area contributed by atoms with Gasteiger partial charge in [-0.25, -0.2) is 14.6 Å². The molecule has 0 radical (unpaired) electrons. The minimum Gasteiger partial charge on any atom is -0.322 e. The summed E-state index contributed by atoms with van der Waals surface area (Å²) in [6, 6.07) is 8.85. The summed E-state index contributed by atoms with van der Waals surface area (Å²) in [5, 5.41) is 4.38. The molecule has 3 aromatic rings. The number of rotatable bonds is 6. The molecule has 218 valence electrons. The second-order valence-electron chi connectivity index (χ2n) is 7.53. The number of allylic oxidation sites excluding steroid dienone is 2. The monoisotopic (exact) mass is 571 g/mol. The first kappa shape index (κ1) is 35.8. The average molecular weight is 572 g/mol. The van der Waals surface area contributed by atoms with E-state index in [-0.39, 0.29) is 5.56 Å². The van der Waals surface area contributed by atoms with Gasteiger partial charge in [0.05, 0.1) is 5.56 Å². The SMILES string of the molecule is C=CC=C.CC.CN(N)/C=N\N.Fc1ccc(CC(F)(F)c2ccc(-c3ccc(C(F)(F)F)cc3)cn2)c(F)c1. The Labute approximate surface area is 229 Å². The van der Waals surface area contributed by atoms with Crippen molar-refractivity contribution in [2.75, 3.05) is 7.05 Å². The number of halogens is 7. The van der Waals surface area contributed by atoms with Crippen molar-refractivity contribution in [1.29, 1.82) is 0 Å². The van der Waals surface area contributed by atoms with Gasteiger partial charge in [-0.1, -0.05) is 63.4 Å². The number of benzene rings is 2. The minimum atomic E-state index is -4.47. The first-order valence-electron chi connectivity index (χ1n) is 11.7. The molecule has 0 spiro atoms. The van der Waals surface area contributed by atoms with Gasteiger partial charge >= 0.3 is 6.18 Å². The van der Waals surface area contributed by atoms with E-state index in [4.69, 9.17) is 5.84 Å². The molecule has 0 aliphatic heterocycles. The third-order valence-corrected chi connectivity index (χ3v) is 4.53. The van der Waals surface area contributed by atoms with Crippen molar-refractivity contribution in [2.24, 2.45) is 16.8 Å². The van der Waals surface area contributed by atoms with Gasteiger partial charge in [0.2, 0.25) is 0 Å². The fraction of sp³-hybridized carbons (Fsp3) is 0.214. The van der Waals surface area contributed by atoms with Crippen LogP contribution in [0.3, 0.4) is 0 Å². The van der Waals surface area contributed by atoms with Gasteiger partial charge in [0.1, 0.15) is 23.7 Å². The Kier molecular flexibility index (Phi) is 15.6. The summed E-state index contributed by atoms with van der Waals surface area (Å²) in [6.07, 6.45) is 0.205. The molecule has 0 saturated carbocycles. The molecule has 0 atom stereocenters. The summed E-state index contributed by atoms with van der Waals surface area (Å²) < 4.78 is 93.1. The van der Waals surface area contributed by atoms with Crippen molar-refractivity contribution in [3.05, 3.63) is 115 Å². The summed E-state index contributed by atoms with van der Waals surface area (Å²) in [5.74, 6) is 4.21. The maximum Gasteiger partial charge on any atom is 0.416 e. The van der Waals surface area contributed by atoms with Gasteiger partial charge in [0.25, 0.3) is 5.92 Å². The number of hydrazine groups is 1. The zero-order valence-corrected chi connectivity index (χ0v) is 22.3. The van der Waals surface area contributed by atoms with Gasteiger partial charge in [-0.2, -0.15) is 27.1 Å². The molecular formula is C28H32F7N5. The standard InChI is InChI=1S/C20H12F7N.C4H6.C2H8N4.C2H6/c21-16-7-3-13(17(22)9-16)10-19(23,24)18-8-4-14(11-28-18)12-1-5-15(6-2-12)20(25,26)27;1-3-4-2;1-6(4)2-5-3;1-2/h1-9,11H,10H2;3-4H,1-2H2;2H,3-4H2,1H3;1-2H3/b;;5-2-;. The van der Waals surface area contributed by atoms with E-state index in [0.717, 1.165) is 36.5 Å². The van der Waals surface area contributed by atoms with Gasteiger partial charge in [-0.15, -0.1) is 0 Å². The first-order chi connectivity index (χ1) is 18.7. The van der Waals surface area contributed by atoms with Gasteiger partial charge in [-0.05, 0) is 35.4 Å². The van der Waals surface area contributed by atoms with E-state index >= 15 is 0 Å². The lowest BCUT2D eigenvalue weighted by Gasteiger charge is -2.17. The Morgan fingerprint density at radius 1 is 0.900 bits per heavy atom. The lowest BCUT2D eigenvalue weighted by Crippen LogP contribution is -2.24. The Morgan fingerprint density at radius 2 is 1.45 bits per heavy atom. The smallest absolute Gasteiger partial charge is 0.322 e. The Bertz CT molecular complexity index is 1190. The minimum absolute atomic E-state index is 0.348. The Hall–Kier alpha value is -4.19. The molecule has 5 nitrogen and oxygen atoms in total. The first-order valence-corrected chi connectivity index (χ1v) is 11.7. The number of nitrogens with zero attached hydrogens (tertiary/aromatic N) is 3. The van der Waals surface area contributed by atoms with Crippen LogP contribution in [-0.2, 0) is 18.5 Å². The number of hydrogen-bond acceptors (Lipinski definition) is 4. The number of hydrogen-bond donors (Lipinski definition) is 2. The molecule has 1 aromatic heterocycles. The molecule has 2 aromatic carbocycles. The van der Waals surface area contributed by atoms with Crippen LogP contribution in [0.4, 0.5) is 30.7 Å². The molecule has 3 rings (SSSR count). The van der Waals surface area contributed by atoms with Crippen LogP contribution in [0.25, 0.3) is 11.1 Å². The summed E-state index contributed by atoms with van der Waals surface area (Å²) in [4.78, 5) is 3.67. The summed E-state index contributed by atoms with van der Waals surface area (Å²) in [7, 11) is 1.64. The number of nitrogens with two attached hydrogens (primary N) is 2. The molecule has 0 saturated heterocycles. The highest BCUT2D eigenvalue weighted by Gasteiger charge is 2.34. The summed E-state index contributed by atoms with van der Waals surface area (Å²) in [6.45, 7) is 10.7. The lowest BCUT2D eigenvalue weighted by atomic mass is 10.0. The normalized spacial score (nSPS) is 10.7. The maximum absolute atomic E-state index is 14.4. The molecule has 4 N–H and O–H groups in total. The Balaban J connectivity index is 0.00000108. The second-order valence-corrected chi connectivity index (χ2v) is 7.53. The molecule has 12 heteroatoms. The van der Waals surface area contributed by atoms with E-state index in [1.165, 1.54) is 29.5 Å². The van der Waals surface area contributed by atoms with Gasteiger partial charge < -0.3 is 10.9 Å². The predicted molar refractivity (Wildman–Crippen MR) is 145 cm³/mol. The van der Waals surface area contributed by atoms with E-state index in [2.05, 4.69) is 29.1 Å². The third kappa shape index (κ3) is 12.6. The lowest BCUT2D eigenvalue weighted by molar-refractivity contribution is -0.137. The van der Waals surface area contributed by atoms with Crippen molar-refractivity contribution in [3.8, 4) is 11.1 Å². The van der Waals surface area contributed by atoms with E-state index < -0.39 is 41.4 Å². The van der Waals surface area contributed by atoms with Crippen LogP contribution in [0.5, 0.6) is 0 Å². The molecule has 0 aliphatic carbocycles. The second kappa shape index (κ2) is 17.4. The molecule has 1 heterocycles. The fourth-order valence-electron chi connectivity index (χ4n) is 2.73. The highest BCUT2D eigenvalue weighted by molar-refractivity contribution is 5.63. The molecular weight excluding hydrogens is 539 g/mol. The fourth-order valence-corrected chi connectivity index (χ4v) is 2.73. The number of pyridine rings is 1. The maximum atomic E-state index is 14.4. The summed E-state index contributed by atoms with van der Waals surface area (Å²) in [5.41, 5.74) is -1.10. The molecule has 0 bridgehead atoms. The average Bonchev–Trinajstić information content (AvgIpc) is 2.91. The van der Waals surface area contributed by atoms with E-state index in [9.17, 15) is 30.7 Å². The quantitative estimate of drug-likeness (QED) is 0.0804. The van der Waals surface area contributed by atoms with Gasteiger partial charge in [0.15, 0.2) is 0 Å². The van der Waals surface area contributed by atoms with Gasteiger partial charge in [0, 0.05) is 31.3 Å². The number of aromatic nitrogens is 1. The molecule has 0 aliphatic rings. The zero-order chi connectivity index (χ0) is 30.9. The number of alkyl halides is 5. The van der Waals surface area contributed by atoms with Crippen molar-refractivity contribution in [3.63, 3.8) is 0 Å². The van der Waals surface area contributed by atoms with Crippen molar-refractivity contribution >= 4 is 6.34 Å². The van der Waals surface area contributed by atoms with Crippen molar-refractivity contribution < 1.29 is 30.7 Å². The highest BCUT2D eigenvalue weighted by Crippen LogP contribution is 2.34. The molecule has 0 fully saturated rings. The summed E-state index contributed by atoms with van der Waals surface area (Å²) >= 11 is 0. The van der Waals surface area contributed by atoms with Crippen molar-refractivity contribution in [1.82, 2.24) is 9.99 Å². The Morgan fingerprint density at radius 3 is 1.82 bits per heavy atom. The van der Waals surface area contributed by atoms with E-state index in [1.807, 2.05) is 13.8 Å². The van der Waals surface area contributed by atoms with Crippen LogP contribution in [0.2, 0.25) is 0 Å². The van der Waals surface area contributed by atoms with Crippen molar-refractivity contribution in [2.45, 2.75) is 32.4 Å². The molecule has 0 amide bonds. The highest BCUT2D eigenvalue weighted by atomic mass is 19.4. The van der Waals surface area contributed by atoms with Crippen LogP contribution in [0.1, 0.15) is 30.7 Å². The van der Waals surface area contributed by atoms with Crippen LogP contribution in [-0.4, -0.2) is 23.4 Å².